The van der Waals surface area contributed by atoms with E-state index in [0.29, 0.717) is 6.79 Å². The number of rotatable bonds is 0. The number of aromatic nitrogens is 1. The minimum atomic E-state index is 0.300. The Kier molecular flexibility index (Phi) is 1.22. The number of hydrogen-bond donors (Lipinski definition) is 0. The minimum absolute atomic E-state index is 0.300. The van der Waals surface area contributed by atoms with Crippen LogP contribution in [0.3, 0.4) is 0 Å². The van der Waals surface area contributed by atoms with Gasteiger partial charge in [0.2, 0.25) is 6.20 Å². The summed E-state index contributed by atoms with van der Waals surface area (Å²) in [5, 5.41) is 2.25. The van der Waals surface area contributed by atoms with Crippen LogP contribution in [-0.2, 0) is 0 Å². The Labute approximate surface area is 75.1 Å². The van der Waals surface area contributed by atoms with E-state index in [0.717, 1.165) is 11.3 Å². The van der Waals surface area contributed by atoms with Gasteiger partial charge in [0.15, 0.2) is 0 Å². The van der Waals surface area contributed by atoms with Crippen molar-refractivity contribution in [2.45, 2.75) is 0 Å². The Hall–Kier alpha value is -1.77. The minimum Gasteiger partial charge on any atom is -0.396 e. The molecule has 13 heavy (non-hydrogen) atoms. The number of ether oxygens (including phenoxy) is 1. The SMILES string of the molecule is c1ccc2c3[n+](ccc2c1)OCO3. The lowest BCUT2D eigenvalue weighted by atomic mass is 10.2. The van der Waals surface area contributed by atoms with Crippen LogP contribution in [-0.4, -0.2) is 6.79 Å². The molecule has 2 aromatic rings. The van der Waals surface area contributed by atoms with Crippen molar-refractivity contribution in [1.82, 2.24) is 0 Å². The Morgan fingerprint density at radius 2 is 2.08 bits per heavy atom. The highest BCUT2D eigenvalue weighted by Gasteiger charge is 2.25. The molecule has 0 fully saturated rings. The van der Waals surface area contributed by atoms with Gasteiger partial charge >= 0.3 is 12.7 Å². The maximum atomic E-state index is 5.35. The van der Waals surface area contributed by atoms with Gasteiger partial charge in [-0.15, -0.1) is 0 Å². The van der Waals surface area contributed by atoms with Gasteiger partial charge in [0.05, 0.1) is 10.1 Å². The van der Waals surface area contributed by atoms with E-state index >= 15 is 0 Å². The number of nitrogens with zero attached hydrogens (tertiary/aromatic N) is 1. The molecule has 0 saturated heterocycles. The van der Waals surface area contributed by atoms with Gasteiger partial charge in [0.1, 0.15) is 0 Å². The monoisotopic (exact) mass is 174 g/mol. The van der Waals surface area contributed by atoms with Gasteiger partial charge in [-0.3, -0.25) is 0 Å². The van der Waals surface area contributed by atoms with Crippen molar-refractivity contribution in [2.75, 3.05) is 6.79 Å². The van der Waals surface area contributed by atoms with Crippen LogP contribution in [0, 0.1) is 0 Å². The second-order valence-corrected chi connectivity index (χ2v) is 2.93. The molecule has 0 bridgehead atoms. The Bertz CT molecular complexity index is 467. The number of pyridine rings is 1. The molecule has 0 atom stereocenters. The molecule has 3 nitrogen and oxygen atoms in total. The van der Waals surface area contributed by atoms with Crippen molar-refractivity contribution in [2.24, 2.45) is 0 Å². The summed E-state index contributed by atoms with van der Waals surface area (Å²) in [6.45, 7) is 0.300. The zero-order chi connectivity index (χ0) is 8.67. The van der Waals surface area contributed by atoms with E-state index in [-0.39, 0.29) is 0 Å². The van der Waals surface area contributed by atoms with Crippen LogP contribution in [0.2, 0.25) is 0 Å². The average molecular weight is 174 g/mol. The smallest absolute Gasteiger partial charge is 0.396 e. The lowest BCUT2D eigenvalue weighted by molar-refractivity contribution is -0.872. The van der Waals surface area contributed by atoms with Gasteiger partial charge < -0.3 is 4.74 Å². The van der Waals surface area contributed by atoms with Crippen molar-refractivity contribution in [3.8, 4) is 5.88 Å². The normalized spacial score (nSPS) is 13.5. The van der Waals surface area contributed by atoms with Crippen molar-refractivity contribution >= 4 is 10.8 Å². The van der Waals surface area contributed by atoms with Gasteiger partial charge in [-0.25, -0.2) is 4.84 Å². The molecular weight excluding hydrogens is 166 g/mol. The number of benzene rings is 1. The second-order valence-electron chi connectivity index (χ2n) is 2.93. The molecule has 3 rings (SSSR count). The highest BCUT2D eigenvalue weighted by molar-refractivity contribution is 5.85. The van der Waals surface area contributed by atoms with Crippen molar-refractivity contribution in [3.05, 3.63) is 36.5 Å². The van der Waals surface area contributed by atoms with Gasteiger partial charge in [0, 0.05) is 6.07 Å². The molecule has 1 aliphatic heterocycles. The molecule has 1 aliphatic rings. The van der Waals surface area contributed by atoms with Crippen LogP contribution < -0.4 is 14.3 Å². The molecule has 0 N–H and O–H groups in total. The van der Waals surface area contributed by atoms with Gasteiger partial charge in [0.25, 0.3) is 0 Å². The Morgan fingerprint density at radius 1 is 1.15 bits per heavy atom. The predicted molar refractivity (Wildman–Crippen MR) is 46.2 cm³/mol. The van der Waals surface area contributed by atoms with E-state index in [1.165, 1.54) is 5.39 Å². The molecule has 2 heterocycles. The highest BCUT2D eigenvalue weighted by Crippen LogP contribution is 2.22. The molecule has 0 radical (unpaired) electrons. The summed E-state index contributed by atoms with van der Waals surface area (Å²) in [4.78, 5) is 5.20. The molecule has 0 saturated carbocycles. The third kappa shape index (κ3) is 0.869. The molecule has 0 unspecified atom stereocenters. The Morgan fingerprint density at radius 3 is 3.08 bits per heavy atom. The summed E-state index contributed by atoms with van der Waals surface area (Å²) in [6.07, 6.45) is 1.87. The van der Waals surface area contributed by atoms with Crippen molar-refractivity contribution < 1.29 is 14.3 Å². The van der Waals surface area contributed by atoms with Crippen molar-refractivity contribution in [1.29, 1.82) is 0 Å². The van der Waals surface area contributed by atoms with Gasteiger partial charge in [-0.05, 0) is 11.5 Å². The van der Waals surface area contributed by atoms with Crippen LogP contribution >= 0.6 is 0 Å². The molecule has 0 amide bonds. The van der Waals surface area contributed by atoms with Crippen LogP contribution in [0.4, 0.5) is 0 Å². The number of fused-ring (bicyclic) bond motifs is 3. The lowest BCUT2D eigenvalue weighted by Gasteiger charge is -1.93. The zero-order valence-electron chi connectivity index (χ0n) is 6.93. The first kappa shape index (κ1) is 6.71. The first-order chi connectivity index (χ1) is 6.45. The maximum Gasteiger partial charge on any atom is 0.428 e. The molecule has 0 aliphatic carbocycles. The summed E-state index contributed by atoms with van der Waals surface area (Å²) in [7, 11) is 0. The first-order valence-electron chi connectivity index (χ1n) is 4.15. The maximum absolute atomic E-state index is 5.35. The summed E-state index contributed by atoms with van der Waals surface area (Å²) in [6, 6.07) is 10.1. The van der Waals surface area contributed by atoms with E-state index in [9.17, 15) is 0 Å². The second kappa shape index (κ2) is 2.36. The average Bonchev–Trinajstić information content (AvgIpc) is 2.65. The lowest BCUT2D eigenvalue weighted by Crippen LogP contribution is -2.36. The summed E-state index contributed by atoms with van der Waals surface area (Å²) in [5.41, 5.74) is 0. The summed E-state index contributed by atoms with van der Waals surface area (Å²) < 4.78 is 7.01. The quantitative estimate of drug-likeness (QED) is 0.554. The largest absolute Gasteiger partial charge is 0.428 e. The highest BCUT2D eigenvalue weighted by atomic mass is 16.8. The molecular formula is C10H8NO2+. The molecule has 3 heteroatoms. The topological polar surface area (TPSA) is 22.3 Å². The van der Waals surface area contributed by atoms with Gasteiger partial charge in [-0.1, -0.05) is 18.2 Å². The van der Waals surface area contributed by atoms with E-state index in [4.69, 9.17) is 9.57 Å². The summed E-state index contributed by atoms with van der Waals surface area (Å²) in [5.74, 6) is 0.790. The van der Waals surface area contributed by atoms with Crippen LogP contribution in [0.1, 0.15) is 0 Å². The standard InChI is InChI=1S/C10H8NO2/c1-2-4-9-8(3-1)5-6-11-10(9)12-7-13-11/h1-6H,7H2/q+1. The zero-order valence-corrected chi connectivity index (χ0v) is 6.93. The fourth-order valence-electron chi connectivity index (χ4n) is 1.55. The van der Waals surface area contributed by atoms with E-state index in [1.807, 2.05) is 30.5 Å². The third-order valence-corrected chi connectivity index (χ3v) is 2.17. The fraction of sp³-hybridized carbons (Fsp3) is 0.100. The van der Waals surface area contributed by atoms with Gasteiger partial charge in [-0.2, -0.15) is 0 Å². The number of hydrogen-bond acceptors (Lipinski definition) is 2. The van der Waals surface area contributed by atoms with E-state index in [2.05, 4.69) is 6.07 Å². The predicted octanol–water partition coefficient (Wildman–Crippen LogP) is 0.906. The van der Waals surface area contributed by atoms with Crippen LogP contribution in [0.5, 0.6) is 5.88 Å². The molecule has 1 aromatic heterocycles. The fourth-order valence-corrected chi connectivity index (χ4v) is 1.55. The van der Waals surface area contributed by atoms with Crippen molar-refractivity contribution in [3.63, 3.8) is 0 Å². The third-order valence-electron chi connectivity index (χ3n) is 2.17. The van der Waals surface area contributed by atoms with Crippen LogP contribution in [0.25, 0.3) is 10.8 Å². The Balaban J connectivity index is 2.43. The first-order valence-corrected chi connectivity index (χ1v) is 4.15. The molecule has 1 aromatic carbocycles. The summed E-state index contributed by atoms with van der Waals surface area (Å²) >= 11 is 0. The van der Waals surface area contributed by atoms with E-state index < -0.39 is 0 Å². The van der Waals surface area contributed by atoms with Crippen LogP contribution in [0.15, 0.2) is 36.5 Å². The van der Waals surface area contributed by atoms with E-state index in [1.54, 1.807) is 4.73 Å². The molecule has 0 spiro atoms. The molecule has 64 valence electrons.